The van der Waals surface area contributed by atoms with Crippen LogP contribution >= 0.6 is 0 Å². The minimum Gasteiger partial charge on any atom is -0.390 e. The molecule has 1 aliphatic heterocycles. The molecule has 1 aliphatic rings. The minimum atomic E-state index is -0.578. The highest BCUT2D eigenvalue weighted by molar-refractivity contribution is 5.79. The number of nitrogens with zero attached hydrogens (tertiary/aromatic N) is 2. The van der Waals surface area contributed by atoms with E-state index in [-0.39, 0.29) is 11.3 Å². The van der Waals surface area contributed by atoms with Crippen LogP contribution in [0.25, 0.3) is 10.9 Å². The number of rotatable bonds is 2. The van der Waals surface area contributed by atoms with Crippen LogP contribution in [0, 0.1) is 6.92 Å². The summed E-state index contributed by atoms with van der Waals surface area (Å²) in [7, 11) is 0. The van der Waals surface area contributed by atoms with Gasteiger partial charge in [-0.25, -0.2) is 0 Å². The summed E-state index contributed by atoms with van der Waals surface area (Å²) in [6.07, 6.45) is -0.578. The van der Waals surface area contributed by atoms with E-state index in [1.165, 1.54) is 6.92 Å². The number of aryl methyl sites for hydroxylation is 1. The number of aromatic amines is 1. The molecule has 1 aromatic carbocycles. The molecule has 24 heavy (non-hydrogen) atoms. The summed E-state index contributed by atoms with van der Waals surface area (Å²) in [6.45, 7) is 6.13. The number of H-pyrrole nitrogens is 1. The lowest BCUT2D eigenvalue weighted by Crippen LogP contribution is -2.36. The van der Waals surface area contributed by atoms with Crippen LogP contribution < -0.4 is 5.43 Å². The van der Waals surface area contributed by atoms with Gasteiger partial charge >= 0.3 is 0 Å². The van der Waals surface area contributed by atoms with Gasteiger partial charge in [0.05, 0.1) is 6.10 Å². The molecule has 2 aromatic rings. The molecule has 1 aromatic heterocycles. The smallest absolute Gasteiger partial charge is 0.219 e. The van der Waals surface area contributed by atoms with Crippen molar-refractivity contribution >= 4 is 16.8 Å². The predicted molar refractivity (Wildman–Crippen MR) is 92.8 cm³/mol. The van der Waals surface area contributed by atoms with Crippen LogP contribution in [0.4, 0.5) is 0 Å². The van der Waals surface area contributed by atoms with Crippen LogP contribution in [0.15, 0.2) is 29.1 Å². The third kappa shape index (κ3) is 3.66. The van der Waals surface area contributed by atoms with Crippen molar-refractivity contribution < 1.29 is 9.90 Å². The first-order valence-corrected chi connectivity index (χ1v) is 8.21. The Balaban J connectivity index is 1.80. The summed E-state index contributed by atoms with van der Waals surface area (Å²) in [5, 5.41) is 10.8. The normalized spacial score (nSPS) is 19.5. The molecule has 0 bridgehead atoms. The number of aromatic nitrogens is 1. The van der Waals surface area contributed by atoms with Gasteiger partial charge < -0.3 is 15.0 Å². The van der Waals surface area contributed by atoms with Crippen molar-refractivity contribution in [2.24, 2.45) is 0 Å². The number of carbonyl (C=O) groups is 1. The number of pyridine rings is 1. The number of hydrogen-bond donors (Lipinski definition) is 2. The number of carbonyl (C=O) groups excluding carboxylic acids is 1. The maximum atomic E-state index is 12.3. The molecule has 1 saturated heterocycles. The van der Waals surface area contributed by atoms with Gasteiger partial charge in [0, 0.05) is 62.3 Å². The largest absolute Gasteiger partial charge is 0.390 e. The lowest BCUT2D eigenvalue weighted by molar-refractivity contribution is -0.129. The van der Waals surface area contributed by atoms with E-state index in [0.717, 1.165) is 16.8 Å². The highest BCUT2D eigenvalue weighted by Gasteiger charge is 2.22. The third-order valence-corrected chi connectivity index (χ3v) is 4.47. The fraction of sp³-hybridized carbons (Fsp3) is 0.444. The Hall–Kier alpha value is -2.18. The summed E-state index contributed by atoms with van der Waals surface area (Å²) in [4.78, 5) is 30.9. The summed E-state index contributed by atoms with van der Waals surface area (Å²) >= 11 is 0. The second kappa shape index (κ2) is 6.75. The fourth-order valence-corrected chi connectivity index (χ4v) is 3.23. The molecule has 0 radical (unpaired) electrons. The van der Waals surface area contributed by atoms with E-state index in [9.17, 15) is 14.7 Å². The van der Waals surface area contributed by atoms with Crippen LogP contribution in [-0.2, 0) is 11.3 Å². The third-order valence-electron chi connectivity index (χ3n) is 4.47. The Morgan fingerprint density at radius 3 is 2.83 bits per heavy atom. The number of hydrogen-bond acceptors (Lipinski definition) is 4. The number of amides is 1. The van der Waals surface area contributed by atoms with Gasteiger partial charge in [0.25, 0.3) is 0 Å². The SMILES string of the molecule is CC(=O)N1CCN(Cc2cc(=O)c3cc(C)ccc3[nH]2)C[C@@H](O)C1. The van der Waals surface area contributed by atoms with Crippen LogP contribution in [0.1, 0.15) is 18.2 Å². The topological polar surface area (TPSA) is 76.6 Å². The van der Waals surface area contributed by atoms with Gasteiger partial charge in [0.2, 0.25) is 5.91 Å². The molecule has 1 amide bonds. The van der Waals surface area contributed by atoms with E-state index < -0.39 is 6.10 Å². The van der Waals surface area contributed by atoms with Gasteiger partial charge in [-0.1, -0.05) is 11.6 Å². The first-order chi connectivity index (χ1) is 11.4. The molecule has 0 unspecified atom stereocenters. The average Bonchev–Trinajstić information content (AvgIpc) is 2.69. The van der Waals surface area contributed by atoms with Crippen molar-refractivity contribution in [3.05, 3.63) is 45.7 Å². The molecule has 0 spiro atoms. The molecule has 2 heterocycles. The quantitative estimate of drug-likeness (QED) is 0.857. The lowest BCUT2D eigenvalue weighted by atomic mass is 10.1. The van der Waals surface area contributed by atoms with Crippen molar-refractivity contribution in [3.8, 4) is 0 Å². The summed E-state index contributed by atoms with van der Waals surface area (Å²) in [5.41, 5.74) is 2.70. The zero-order chi connectivity index (χ0) is 17.3. The zero-order valence-corrected chi connectivity index (χ0v) is 14.1. The van der Waals surface area contributed by atoms with E-state index >= 15 is 0 Å². The van der Waals surface area contributed by atoms with Gasteiger partial charge in [-0.3, -0.25) is 14.5 Å². The molecule has 0 saturated carbocycles. The minimum absolute atomic E-state index is 0.00295. The molecule has 3 rings (SSSR count). The molecular formula is C18H23N3O3. The molecule has 1 fully saturated rings. The van der Waals surface area contributed by atoms with Crippen LogP contribution in [0.5, 0.6) is 0 Å². The summed E-state index contributed by atoms with van der Waals surface area (Å²) in [6, 6.07) is 7.41. The average molecular weight is 329 g/mol. The number of aliphatic hydroxyl groups excluding tert-OH is 1. The Morgan fingerprint density at radius 2 is 2.08 bits per heavy atom. The molecule has 2 N–H and O–H groups in total. The second-order valence-corrected chi connectivity index (χ2v) is 6.56. The van der Waals surface area contributed by atoms with E-state index in [0.29, 0.717) is 38.1 Å². The number of β-amino-alcohol motifs (C(OH)–C–C–N with tert-alkyl or cyclic N) is 1. The van der Waals surface area contributed by atoms with Crippen molar-refractivity contribution in [1.29, 1.82) is 0 Å². The zero-order valence-electron chi connectivity index (χ0n) is 14.1. The van der Waals surface area contributed by atoms with Crippen LogP contribution in [0.3, 0.4) is 0 Å². The number of fused-ring (bicyclic) bond motifs is 1. The number of aliphatic hydroxyl groups is 1. The van der Waals surface area contributed by atoms with Gasteiger partial charge in [0.1, 0.15) is 0 Å². The maximum Gasteiger partial charge on any atom is 0.219 e. The van der Waals surface area contributed by atoms with Crippen molar-refractivity contribution in [3.63, 3.8) is 0 Å². The number of benzene rings is 1. The molecule has 6 heteroatoms. The van der Waals surface area contributed by atoms with Crippen LogP contribution in [0.2, 0.25) is 0 Å². The maximum absolute atomic E-state index is 12.3. The monoisotopic (exact) mass is 329 g/mol. The predicted octanol–water partition coefficient (Wildman–Crippen LogP) is 0.862. The number of nitrogens with one attached hydrogen (secondary N) is 1. The summed E-state index contributed by atoms with van der Waals surface area (Å²) in [5.74, 6) is -0.0228. The van der Waals surface area contributed by atoms with Crippen molar-refractivity contribution in [2.75, 3.05) is 26.2 Å². The fourth-order valence-electron chi connectivity index (χ4n) is 3.23. The molecule has 0 aliphatic carbocycles. The second-order valence-electron chi connectivity index (χ2n) is 6.56. The van der Waals surface area contributed by atoms with Gasteiger partial charge in [-0.2, -0.15) is 0 Å². The highest BCUT2D eigenvalue weighted by Crippen LogP contribution is 2.13. The Labute approximate surface area is 140 Å². The van der Waals surface area contributed by atoms with Gasteiger partial charge in [0.15, 0.2) is 5.43 Å². The lowest BCUT2D eigenvalue weighted by Gasteiger charge is -2.21. The van der Waals surface area contributed by atoms with Crippen molar-refractivity contribution in [1.82, 2.24) is 14.8 Å². The van der Waals surface area contributed by atoms with E-state index in [4.69, 9.17) is 0 Å². The molecule has 1 atom stereocenters. The standard InChI is InChI=1S/C18H23N3O3/c1-12-3-4-17-16(7-12)18(24)8-14(19-17)9-20-5-6-21(13(2)22)11-15(23)10-20/h3-4,7-8,15,23H,5-6,9-11H2,1-2H3,(H,19,24)/t15-/m1/s1. The Morgan fingerprint density at radius 1 is 1.29 bits per heavy atom. The van der Waals surface area contributed by atoms with Crippen molar-refractivity contribution in [2.45, 2.75) is 26.5 Å². The first-order valence-electron chi connectivity index (χ1n) is 8.21. The Bertz CT molecular complexity index is 815. The highest BCUT2D eigenvalue weighted by atomic mass is 16.3. The molecular weight excluding hydrogens is 306 g/mol. The van der Waals surface area contributed by atoms with Gasteiger partial charge in [-0.05, 0) is 19.1 Å². The van der Waals surface area contributed by atoms with Gasteiger partial charge in [-0.15, -0.1) is 0 Å². The van der Waals surface area contributed by atoms with E-state index in [1.54, 1.807) is 11.0 Å². The van der Waals surface area contributed by atoms with Crippen LogP contribution in [-0.4, -0.2) is 58.1 Å². The molecule has 128 valence electrons. The van der Waals surface area contributed by atoms with E-state index in [1.807, 2.05) is 25.1 Å². The first kappa shape index (κ1) is 16.7. The molecule has 6 nitrogen and oxygen atoms in total. The Kier molecular flexibility index (Phi) is 4.69. The summed E-state index contributed by atoms with van der Waals surface area (Å²) < 4.78 is 0. The van der Waals surface area contributed by atoms with E-state index in [2.05, 4.69) is 9.88 Å².